The lowest BCUT2D eigenvalue weighted by Gasteiger charge is -2.29. The number of hydrogen-bond acceptors (Lipinski definition) is 6. The van der Waals surface area contributed by atoms with Crippen LogP contribution in [0.3, 0.4) is 0 Å². The van der Waals surface area contributed by atoms with E-state index >= 15 is 0 Å². The van der Waals surface area contributed by atoms with Crippen LogP contribution in [0.25, 0.3) is 0 Å². The van der Waals surface area contributed by atoms with Gasteiger partial charge < -0.3 is 24.9 Å². The first kappa shape index (κ1) is 49.2. The van der Waals surface area contributed by atoms with Crippen molar-refractivity contribution in [2.24, 2.45) is 4.99 Å². The molecule has 0 saturated heterocycles. The second kappa shape index (κ2) is 23.5. The number of aliphatic imine (C=N–C) groups is 1. The van der Waals surface area contributed by atoms with Gasteiger partial charge in [0, 0.05) is 90.8 Å². The topological polar surface area (TPSA) is 37.4 Å². The quantitative estimate of drug-likeness (QED) is 0.0920. The molecule has 0 aromatic heterocycles. The van der Waals surface area contributed by atoms with Crippen LogP contribution in [-0.2, 0) is 0 Å². The third kappa shape index (κ3) is 11.3. The van der Waals surface area contributed by atoms with Crippen LogP contribution < -0.4 is 24.9 Å². The van der Waals surface area contributed by atoms with Crippen molar-refractivity contribution in [2.75, 3.05) is 24.9 Å². The van der Waals surface area contributed by atoms with Gasteiger partial charge in [0.15, 0.2) is 0 Å². The summed E-state index contributed by atoms with van der Waals surface area (Å²) in [5, 5.41) is 3.64. The summed E-state index contributed by atoms with van der Waals surface area (Å²) in [5.74, 6) is 0. The molecule has 0 saturated carbocycles. The molecule has 0 radical (unpaired) electrons. The fraction of sp³-hybridized carbons (Fsp3) is 0. The lowest BCUT2D eigenvalue weighted by atomic mass is 10.0. The molecule has 79 heavy (non-hydrogen) atoms. The van der Waals surface area contributed by atoms with E-state index in [2.05, 4.69) is 316 Å². The van der Waals surface area contributed by atoms with Gasteiger partial charge >= 0.3 is 0 Å². The average Bonchev–Trinajstić information content (AvgIpc) is 3.53. The van der Waals surface area contributed by atoms with Crippen LogP contribution in [0, 0.1) is 0 Å². The summed E-state index contributed by atoms with van der Waals surface area (Å²) in [6.45, 7) is 0. The molecule has 0 atom stereocenters. The molecule has 1 N–H and O–H groups in total. The van der Waals surface area contributed by atoms with Crippen molar-refractivity contribution in [2.45, 2.75) is 0 Å². The van der Waals surface area contributed by atoms with E-state index in [1.54, 1.807) is 0 Å². The highest BCUT2D eigenvalue weighted by Gasteiger charge is 2.19. The van der Waals surface area contributed by atoms with Crippen molar-refractivity contribution in [3.05, 3.63) is 345 Å². The van der Waals surface area contributed by atoms with Gasteiger partial charge in [-0.15, -0.1) is 0 Å². The molecule has 6 heteroatoms. The summed E-state index contributed by atoms with van der Waals surface area (Å²) in [6.07, 6.45) is 0. The molecule has 0 heterocycles. The number of rotatable bonds is 17. The number of nitrogens with zero attached hydrogens (tertiary/aromatic N) is 5. The minimum absolute atomic E-state index is 0.875. The molecular formula is C73H56N6. The van der Waals surface area contributed by atoms with E-state index in [0.717, 1.165) is 102 Å². The van der Waals surface area contributed by atoms with Crippen LogP contribution in [0.4, 0.5) is 85.3 Å². The van der Waals surface area contributed by atoms with Crippen molar-refractivity contribution in [1.29, 1.82) is 0 Å². The summed E-state index contributed by atoms with van der Waals surface area (Å²) in [6, 6.07) is 117. The Morgan fingerprint density at radius 3 is 0.658 bits per heavy atom. The van der Waals surface area contributed by atoms with Crippen molar-refractivity contribution in [3.63, 3.8) is 0 Å². The largest absolute Gasteiger partial charge is 0.356 e. The predicted molar refractivity (Wildman–Crippen MR) is 333 cm³/mol. The molecule has 0 fully saturated rings. The maximum absolute atomic E-state index is 5.30. The summed E-state index contributed by atoms with van der Waals surface area (Å²) < 4.78 is 0. The summed E-state index contributed by atoms with van der Waals surface area (Å²) in [5.41, 5.74) is 18.5. The van der Waals surface area contributed by atoms with Gasteiger partial charge in [-0.05, 0) is 182 Å². The molecule has 0 spiro atoms. The molecule has 0 aliphatic heterocycles. The highest BCUT2D eigenvalue weighted by molar-refractivity contribution is 6.14. The van der Waals surface area contributed by atoms with Crippen molar-refractivity contribution in [1.82, 2.24) is 0 Å². The van der Waals surface area contributed by atoms with Crippen molar-refractivity contribution >= 4 is 91.0 Å². The zero-order valence-electron chi connectivity index (χ0n) is 43.5. The van der Waals surface area contributed by atoms with Gasteiger partial charge in [0.2, 0.25) is 0 Å². The average molecular weight is 1020 g/mol. The molecule has 12 aromatic carbocycles. The van der Waals surface area contributed by atoms with Crippen LogP contribution in [-0.4, -0.2) is 5.71 Å². The van der Waals surface area contributed by atoms with Crippen LogP contribution >= 0.6 is 0 Å². The van der Waals surface area contributed by atoms with E-state index in [4.69, 9.17) is 4.99 Å². The number of nitrogens with one attached hydrogen (secondary N) is 1. The third-order valence-electron chi connectivity index (χ3n) is 13.8. The molecule has 378 valence electrons. The summed E-state index contributed by atoms with van der Waals surface area (Å²) in [4.78, 5) is 14.5. The van der Waals surface area contributed by atoms with Crippen LogP contribution in [0.5, 0.6) is 0 Å². The van der Waals surface area contributed by atoms with E-state index in [-0.39, 0.29) is 0 Å². The molecule has 12 aromatic rings. The fourth-order valence-corrected chi connectivity index (χ4v) is 10.0. The van der Waals surface area contributed by atoms with Gasteiger partial charge in [-0.3, -0.25) is 0 Å². The zero-order chi connectivity index (χ0) is 53.0. The maximum Gasteiger partial charge on any atom is 0.0781 e. The molecule has 12 rings (SSSR count). The highest BCUT2D eigenvalue weighted by atomic mass is 15.2. The number of benzene rings is 12. The van der Waals surface area contributed by atoms with E-state index in [9.17, 15) is 0 Å². The Kier molecular flexibility index (Phi) is 14.6. The summed E-state index contributed by atoms with van der Waals surface area (Å²) in [7, 11) is 0. The van der Waals surface area contributed by atoms with E-state index in [1.807, 2.05) is 42.5 Å². The lowest BCUT2D eigenvalue weighted by Crippen LogP contribution is -2.13. The Bertz CT molecular complexity index is 3600. The van der Waals surface area contributed by atoms with Crippen LogP contribution in [0.15, 0.2) is 339 Å². The lowest BCUT2D eigenvalue weighted by molar-refractivity contribution is 1.24. The first-order chi connectivity index (χ1) is 39.2. The van der Waals surface area contributed by atoms with Gasteiger partial charge in [0.25, 0.3) is 0 Å². The number of hydrogen-bond donors (Lipinski definition) is 1. The monoisotopic (exact) mass is 1020 g/mol. The molecule has 0 unspecified atom stereocenters. The third-order valence-corrected chi connectivity index (χ3v) is 13.8. The number of anilines is 14. The zero-order valence-corrected chi connectivity index (χ0v) is 43.5. The van der Waals surface area contributed by atoms with E-state index in [0.29, 0.717) is 0 Å². The molecule has 0 aliphatic rings. The minimum atomic E-state index is 0.875. The Labute approximate surface area is 463 Å². The Morgan fingerprint density at radius 1 is 0.203 bits per heavy atom. The smallest absolute Gasteiger partial charge is 0.0781 e. The number of para-hydroxylation sites is 7. The van der Waals surface area contributed by atoms with Gasteiger partial charge in [-0.2, -0.15) is 0 Å². The predicted octanol–water partition coefficient (Wildman–Crippen LogP) is 20.5. The van der Waals surface area contributed by atoms with Gasteiger partial charge in [-0.1, -0.05) is 152 Å². The van der Waals surface area contributed by atoms with Crippen molar-refractivity contribution in [3.8, 4) is 0 Å². The second-order valence-corrected chi connectivity index (χ2v) is 19.0. The fourth-order valence-electron chi connectivity index (χ4n) is 10.0. The molecular weight excluding hydrogens is 961 g/mol. The maximum atomic E-state index is 5.30. The molecule has 0 aliphatic carbocycles. The first-order valence-corrected chi connectivity index (χ1v) is 26.6. The molecule has 6 nitrogen and oxygen atoms in total. The first-order valence-electron chi connectivity index (χ1n) is 26.6. The minimum Gasteiger partial charge on any atom is -0.356 e. The van der Waals surface area contributed by atoms with Gasteiger partial charge in [0.05, 0.1) is 11.4 Å². The highest BCUT2D eigenvalue weighted by Crippen LogP contribution is 2.42. The second-order valence-electron chi connectivity index (χ2n) is 19.0. The SMILES string of the molecule is c1ccc(N=C(c2ccc(Nc3ccc(N(c4ccccc4)c4ccccc4)cc3)cc2)c2ccc(N(c3ccc(N(c4ccccc4)c4ccccc4)cc3)c3ccc(N(c4ccccc4)c4ccccc4)cc3)cc2)cc1. The van der Waals surface area contributed by atoms with E-state index < -0.39 is 0 Å². The molecule has 0 amide bonds. The van der Waals surface area contributed by atoms with Gasteiger partial charge in [-0.25, -0.2) is 4.99 Å². The van der Waals surface area contributed by atoms with E-state index in [1.165, 1.54) is 0 Å². The normalized spacial score (nSPS) is 11.1. The Morgan fingerprint density at radius 2 is 0.392 bits per heavy atom. The van der Waals surface area contributed by atoms with Gasteiger partial charge in [0.1, 0.15) is 0 Å². The molecule has 0 bridgehead atoms. The Hall–Kier alpha value is -10.7. The Balaban J connectivity index is 0.870. The van der Waals surface area contributed by atoms with Crippen LogP contribution in [0.1, 0.15) is 11.1 Å². The summed E-state index contributed by atoms with van der Waals surface area (Å²) >= 11 is 0. The standard InChI is InChI=1S/C73H56N6/c1-8-22-58(23-9-1)75-73(56-36-40-59(41-37-56)74-60-42-46-68(47-43-60)76(61-24-10-2-11-25-61)62-26-12-3-13-27-62)57-38-44-67(45-39-57)79(71-52-48-69(49-53-71)77(63-28-14-4-15-29-63)64-30-16-5-17-31-64)72-54-50-70(51-55-72)78(65-32-18-6-19-33-65)66-34-20-7-21-35-66/h1-55,74H. The van der Waals surface area contributed by atoms with Crippen molar-refractivity contribution < 1.29 is 0 Å². The van der Waals surface area contributed by atoms with Crippen LogP contribution in [0.2, 0.25) is 0 Å².